The molecule has 3 heterocycles. The molecular weight excluding hydrogens is 1170 g/mol. The summed E-state index contributed by atoms with van der Waals surface area (Å²) in [6.45, 7) is 17.4. The maximum atomic E-state index is 14.7. The molecule has 5 N–H and O–H groups in total. The van der Waals surface area contributed by atoms with Crippen molar-refractivity contribution in [1.29, 1.82) is 0 Å². The minimum atomic E-state index is -10.7. The van der Waals surface area contributed by atoms with Gasteiger partial charge in [-0.15, -0.1) is 0 Å². The van der Waals surface area contributed by atoms with Crippen molar-refractivity contribution in [3.8, 4) is 0 Å². The topological polar surface area (TPSA) is 197 Å². The first kappa shape index (κ1) is 73.3. The van der Waals surface area contributed by atoms with Crippen molar-refractivity contribution < 1.29 is 88.7 Å². The molecule has 6 rings (SSSR count). The minimum absolute atomic E-state index is 0.0631. The Kier molecular flexibility index (Phi) is 25.0. The number of likely N-dealkylation sites (N-methyl/N-ethyl adjacent to an activating group) is 1. The molecule has 3 aromatic rings. The first-order valence-electron chi connectivity index (χ1n) is 30.2. The average Bonchev–Trinajstić information content (AvgIpc) is 1.69. The van der Waals surface area contributed by atoms with Crippen molar-refractivity contribution in [2.24, 2.45) is 17.8 Å². The van der Waals surface area contributed by atoms with Crippen molar-refractivity contribution in [2.45, 2.75) is 224 Å². The number of aliphatic hydroxyl groups is 5. The molecule has 3 aliphatic heterocycles. The molecule has 490 valence electrons. The number of carbonyl (C=O) groups is 2. The fourth-order valence-electron chi connectivity index (χ4n) is 13.0. The molecule has 18 atom stereocenters. The van der Waals surface area contributed by atoms with E-state index in [1.54, 1.807) is 53.4 Å². The molecule has 1 amide bonds. The number of benzene rings is 3. The van der Waals surface area contributed by atoms with Crippen LogP contribution in [0, 0.1) is 17.8 Å². The zero-order valence-corrected chi connectivity index (χ0v) is 54.2. The van der Waals surface area contributed by atoms with Crippen LogP contribution >= 0.6 is 15.1 Å². The summed E-state index contributed by atoms with van der Waals surface area (Å²) in [4.78, 5) is 33.0. The van der Waals surface area contributed by atoms with Gasteiger partial charge >= 0.3 is 39.0 Å². The van der Waals surface area contributed by atoms with Gasteiger partial charge in [0, 0.05) is 38.5 Å². The van der Waals surface area contributed by atoms with E-state index >= 15 is 0 Å². The Labute approximate surface area is 506 Å². The van der Waals surface area contributed by atoms with Gasteiger partial charge in [0.25, 0.3) is 0 Å². The molecule has 3 aliphatic rings. The van der Waals surface area contributed by atoms with E-state index in [0.29, 0.717) is 12.8 Å². The van der Waals surface area contributed by atoms with Crippen LogP contribution in [0.4, 0.5) is 25.2 Å². The molecular formula is C63H98F6N2O13P2. The number of cyclic esters (lactones) is 1. The van der Waals surface area contributed by atoms with Crippen LogP contribution in [0.2, 0.25) is 0 Å². The van der Waals surface area contributed by atoms with E-state index in [4.69, 9.17) is 28.4 Å². The molecule has 23 heteroatoms. The zero-order valence-electron chi connectivity index (χ0n) is 52.4. The van der Waals surface area contributed by atoms with Gasteiger partial charge in [0.1, 0.15) is 53.2 Å². The van der Waals surface area contributed by atoms with E-state index in [0.717, 1.165) is 31.8 Å². The van der Waals surface area contributed by atoms with Crippen LogP contribution in [-0.4, -0.2) is 171 Å². The van der Waals surface area contributed by atoms with Crippen LogP contribution in [0.5, 0.6) is 0 Å². The van der Waals surface area contributed by atoms with Gasteiger partial charge < -0.3 is 63.8 Å². The van der Waals surface area contributed by atoms with Crippen LogP contribution in [0.1, 0.15) is 133 Å². The predicted molar refractivity (Wildman–Crippen MR) is 325 cm³/mol. The Morgan fingerprint density at radius 3 is 1.73 bits per heavy atom. The summed E-state index contributed by atoms with van der Waals surface area (Å²) in [5.74, 6) is -3.32. The molecule has 3 saturated heterocycles. The van der Waals surface area contributed by atoms with Gasteiger partial charge in [-0.3, -0.25) is 9.59 Å². The normalized spacial score (nSPS) is 35.4. The van der Waals surface area contributed by atoms with E-state index in [-0.39, 0.29) is 50.3 Å². The van der Waals surface area contributed by atoms with Gasteiger partial charge in [-0.2, -0.15) is 0 Å². The van der Waals surface area contributed by atoms with E-state index < -0.39 is 117 Å². The first-order valence-corrected chi connectivity index (χ1v) is 34.2. The number of halogens is 6. The summed E-state index contributed by atoms with van der Waals surface area (Å²) >= 11 is 0. The Morgan fingerprint density at radius 2 is 1.24 bits per heavy atom. The molecule has 0 bridgehead atoms. The van der Waals surface area contributed by atoms with Gasteiger partial charge in [-0.05, 0) is 143 Å². The van der Waals surface area contributed by atoms with Crippen molar-refractivity contribution in [1.82, 2.24) is 9.80 Å². The van der Waals surface area contributed by atoms with Gasteiger partial charge in [0.15, 0.2) is 12.6 Å². The number of carbonyl (C=O) groups excluding carboxylic acids is 2. The number of nitrogens with zero attached hydrogens (tertiary/aromatic N) is 2. The summed E-state index contributed by atoms with van der Waals surface area (Å²) in [5, 5.41) is 64.7. The number of ether oxygens (including phenoxy) is 6. The second-order valence-electron chi connectivity index (χ2n) is 25.3. The summed E-state index contributed by atoms with van der Waals surface area (Å²) in [7, 11) is -7.37. The van der Waals surface area contributed by atoms with E-state index in [9.17, 15) is 60.3 Å². The standard InChI is InChI=1S/C63H98N2O13P.F6P/c1-14-51-63(10,72)56(68)45(6)65(52(66)35-27-16-15-17-28-36-79(47-29-21-18-22-30-47,48-31-23-19-24-32-48)49-33-25-20-26-34-49)40-41(2)38-61(8,71)58(78-60-54(67)50(64(11)12)37-42(3)74-60)43(4)55(44(5)59(70)76-51)77-53-39-62(9,73-13)57(69)46(7)75-53;1-7(2,3,4,5)6/h18-26,29-34,41-46,50-51,53-58,60,67-69,71-72H,14-17,27-28,35-40H2,1-13H3;/q+1;-1/t41-,42-,43+,44-,45-,46+,50+,51-,53+,54-,55+,56-,57+,58-,60+,61-,62-,63-;/m1./s1. The van der Waals surface area contributed by atoms with E-state index in [1.807, 2.05) is 32.8 Å². The number of esters is 1. The van der Waals surface area contributed by atoms with Crippen molar-refractivity contribution in [3.05, 3.63) is 91.0 Å². The number of aliphatic hydroxyl groups excluding tert-OH is 3. The van der Waals surface area contributed by atoms with Gasteiger partial charge in [0.05, 0.1) is 53.7 Å². The van der Waals surface area contributed by atoms with E-state index in [2.05, 4.69) is 91.0 Å². The second-order valence-corrected chi connectivity index (χ2v) is 30.8. The van der Waals surface area contributed by atoms with Crippen molar-refractivity contribution in [2.75, 3.05) is 33.9 Å². The van der Waals surface area contributed by atoms with Gasteiger partial charge in [-0.25, -0.2) is 0 Å². The third-order valence-corrected chi connectivity index (χ3v) is 22.2. The van der Waals surface area contributed by atoms with E-state index in [1.165, 1.54) is 29.9 Å². The molecule has 0 radical (unpaired) electrons. The number of methoxy groups -OCH3 is 1. The molecule has 86 heavy (non-hydrogen) atoms. The van der Waals surface area contributed by atoms with Gasteiger partial charge in [0.2, 0.25) is 5.91 Å². The van der Waals surface area contributed by atoms with Crippen LogP contribution in [0.15, 0.2) is 91.0 Å². The number of amides is 1. The molecule has 3 aromatic carbocycles. The molecule has 0 aliphatic carbocycles. The van der Waals surface area contributed by atoms with Crippen molar-refractivity contribution in [3.63, 3.8) is 0 Å². The summed E-state index contributed by atoms with van der Waals surface area (Å²) in [5.41, 5.74) is -4.82. The van der Waals surface area contributed by atoms with Crippen LogP contribution < -0.4 is 15.9 Å². The second kappa shape index (κ2) is 29.3. The summed E-state index contributed by atoms with van der Waals surface area (Å²) < 4.78 is 97.5. The molecule has 0 spiro atoms. The molecule has 3 fully saturated rings. The summed E-state index contributed by atoms with van der Waals surface area (Å²) in [6, 6.07) is 31.4. The van der Waals surface area contributed by atoms with Crippen LogP contribution in [0.3, 0.4) is 0 Å². The number of unbranched alkanes of at least 4 members (excludes halogenated alkanes) is 4. The first-order chi connectivity index (χ1) is 39.8. The third-order valence-electron chi connectivity index (χ3n) is 17.7. The fourth-order valence-corrected chi connectivity index (χ4v) is 17.4. The molecule has 0 unspecified atom stereocenters. The quantitative estimate of drug-likeness (QED) is 0.0349. The zero-order chi connectivity index (χ0) is 64.4. The SMILES string of the molecule is CC[C@H]1OC(=O)[C@H](C)[C@@H](O[C@H]2C[C@@](C)(OC)[C@@H](O)[C@H](C)O2)[C@H](C)[C@@H](O[C@@H]2O[C@H](C)C[C@H](N(C)C)[C@H]2O)[C@](C)(O)C[C@@H](C)CN(C(=O)CCCCCCC[P+](c2ccccc2)(c2ccccc2)c2ccccc2)[C@H](C)[C@@H](O)[C@]1(C)O.F[P-](F)(F)(F)(F)F. The Balaban J connectivity index is 0.00000181. The fraction of sp³-hybridized carbons (Fsp3) is 0.683. The van der Waals surface area contributed by atoms with Crippen LogP contribution in [-0.2, 0) is 38.0 Å². The number of hydrogen-bond acceptors (Lipinski definition) is 14. The third kappa shape index (κ3) is 19.8. The Morgan fingerprint density at radius 1 is 0.744 bits per heavy atom. The molecule has 0 saturated carbocycles. The summed E-state index contributed by atoms with van der Waals surface area (Å²) in [6.07, 6.45) is -4.02. The van der Waals surface area contributed by atoms with Crippen LogP contribution in [0.25, 0.3) is 0 Å². The predicted octanol–water partition coefficient (Wildman–Crippen LogP) is 10.5. The monoisotopic (exact) mass is 1270 g/mol. The number of rotatable bonds is 18. The average molecular weight is 1270 g/mol. The Hall–Kier alpha value is -3.40. The van der Waals surface area contributed by atoms with Gasteiger partial charge in [-0.1, -0.05) is 88.2 Å². The van der Waals surface area contributed by atoms with Crippen molar-refractivity contribution >= 4 is 42.9 Å². The molecule has 15 nitrogen and oxygen atoms in total. The number of hydrogen-bond donors (Lipinski definition) is 5. The molecule has 0 aromatic heterocycles. The Bertz CT molecular complexity index is 2480. The maximum absolute atomic E-state index is 14.7.